The first-order valence-electron chi connectivity index (χ1n) is 4.11. The summed E-state index contributed by atoms with van der Waals surface area (Å²) in [6.07, 6.45) is 7.33. The lowest BCUT2D eigenvalue weighted by Gasteiger charge is -1.86. The van der Waals surface area contributed by atoms with Crippen LogP contribution in [0, 0.1) is 0 Å². The average Bonchev–Trinajstić information content (AvgIpc) is 2.57. The number of hydrogen-bond donors (Lipinski definition) is 1. The highest BCUT2D eigenvalue weighted by atomic mass is 16.2. The molecule has 2 aromatic heterocycles. The summed E-state index contributed by atoms with van der Waals surface area (Å²) >= 11 is 0. The van der Waals surface area contributed by atoms with E-state index in [4.69, 9.17) is 5.11 Å². The molecule has 0 amide bonds. The Kier molecular flexibility index (Phi) is 2.10. The van der Waals surface area contributed by atoms with Gasteiger partial charge >= 0.3 is 0 Å². The van der Waals surface area contributed by atoms with Crippen molar-refractivity contribution in [1.82, 2.24) is 9.38 Å². The van der Waals surface area contributed by atoms with Gasteiger partial charge in [0.25, 0.3) is 0 Å². The molecule has 66 valence electrons. The molecule has 2 rings (SSSR count). The third-order valence-corrected chi connectivity index (χ3v) is 1.78. The Morgan fingerprint density at radius 2 is 2.38 bits per heavy atom. The summed E-state index contributed by atoms with van der Waals surface area (Å²) in [5.41, 5.74) is 1.78. The smallest absolute Gasteiger partial charge is 0.137 e. The number of pyridine rings is 1. The van der Waals surface area contributed by atoms with Crippen LogP contribution in [0.5, 0.6) is 0 Å². The first-order valence-corrected chi connectivity index (χ1v) is 4.11. The molecule has 0 bridgehead atoms. The molecule has 0 saturated heterocycles. The monoisotopic (exact) mass is 174 g/mol. The van der Waals surface area contributed by atoms with Gasteiger partial charge < -0.3 is 9.51 Å². The fraction of sp³-hybridized carbons (Fsp3) is 0.100. The van der Waals surface area contributed by atoms with Gasteiger partial charge in [-0.3, -0.25) is 0 Å². The molecule has 0 unspecified atom stereocenters. The maximum absolute atomic E-state index is 8.58. The molecule has 0 radical (unpaired) electrons. The van der Waals surface area contributed by atoms with E-state index in [0.29, 0.717) is 0 Å². The Morgan fingerprint density at radius 1 is 1.46 bits per heavy atom. The summed E-state index contributed by atoms with van der Waals surface area (Å²) in [7, 11) is 0. The Labute approximate surface area is 76.0 Å². The molecule has 0 aliphatic carbocycles. The third kappa shape index (κ3) is 1.60. The van der Waals surface area contributed by atoms with Crippen molar-refractivity contribution in [3.63, 3.8) is 0 Å². The number of imidazole rings is 1. The average molecular weight is 174 g/mol. The number of aliphatic hydroxyl groups excluding tert-OH is 1. The molecule has 3 nitrogen and oxygen atoms in total. The lowest BCUT2D eigenvalue weighted by Crippen LogP contribution is -1.77. The molecular formula is C10H10N2O. The molecule has 0 atom stereocenters. The van der Waals surface area contributed by atoms with Crippen molar-refractivity contribution in [3.05, 3.63) is 42.4 Å². The van der Waals surface area contributed by atoms with E-state index in [1.165, 1.54) is 0 Å². The molecule has 0 fully saturated rings. The van der Waals surface area contributed by atoms with Gasteiger partial charge in [-0.2, -0.15) is 0 Å². The number of hydrogen-bond acceptors (Lipinski definition) is 2. The van der Waals surface area contributed by atoms with Crippen LogP contribution in [0.3, 0.4) is 0 Å². The summed E-state index contributed by atoms with van der Waals surface area (Å²) in [5, 5.41) is 8.58. The molecule has 0 spiro atoms. The van der Waals surface area contributed by atoms with Crippen molar-refractivity contribution >= 4 is 11.7 Å². The summed E-state index contributed by atoms with van der Waals surface area (Å²) in [6, 6.07) is 5.84. The predicted octanol–water partition coefficient (Wildman–Crippen LogP) is 1.34. The highest BCUT2D eigenvalue weighted by molar-refractivity contribution is 5.50. The maximum Gasteiger partial charge on any atom is 0.137 e. The van der Waals surface area contributed by atoms with Gasteiger partial charge in [0, 0.05) is 12.4 Å². The van der Waals surface area contributed by atoms with Crippen molar-refractivity contribution in [1.29, 1.82) is 0 Å². The molecule has 0 saturated carbocycles. The van der Waals surface area contributed by atoms with Crippen LogP contribution in [0.15, 0.2) is 36.7 Å². The minimum Gasteiger partial charge on any atom is -0.392 e. The normalized spacial score (nSPS) is 11.5. The number of rotatable bonds is 2. The van der Waals surface area contributed by atoms with Gasteiger partial charge in [0.2, 0.25) is 0 Å². The summed E-state index contributed by atoms with van der Waals surface area (Å²) in [6.45, 7) is 0.0495. The minimum atomic E-state index is 0.0495. The van der Waals surface area contributed by atoms with Gasteiger partial charge in [0.05, 0.1) is 12.3 Å². The first-order chi connectivity index (χ1) is 6.40. The lowest BCUT2D eigenvalue weighted by molar-refractivity contribution is 0.343. The fourth-order valence-corrected chi connectivity index (χ4v) is 1.21. The predicted molar refractivity (Wildman–Crippen MR) is 51.3 cm³/mol. The van der Waals surface area contributed by atoms with Gasteiger partial charge in [0.15, 0.2) is 0 Å². The second kappa shape index (κ2) is 3.41. The second-order valence-electron chi connectivity index (χ2n) is 2.72. The van der Waals surface area contributed by atoms with Crippen LogP contribution in [-0.4, -0.2) is 21.1 Å². The maximum atomic E-state index is 8.58. The molecule has 1 N–H and O–H groups in total. The highest BCUT2D eigenvalue weighted by Gasteiger charge is 1.95. The van der Waals surface area contributed by atoms with E-state index in [-0.39, 0.29) is 6.61 Å². The van der Waals surface area contributed by atoms with E-state index >= 15 is 0 Å². The van der Waals surface area contributed by atoms with E-state index in [9.17, 15) is 0 Å². The van der Waals surface area contributed by atoms with Crippen molar-refractivity contribution in [3.8, 4) is 0 Å². The van der Waals surface area contributed by atoms with E-state index in [1.807, 2.05) is 35.0 Å². The Hall–Kier alpha value is -1.61. The largest absolute Gasteiger partial charge is 0.392 e. The molecule has 2 aromatic rings. The van der Waals surface area contributed by atoms with Gasteiger partial charge in [-0.1, -0.05) is 12.1 Å². The first kappa shape index (κ1) is 8.01. The topological polar surface area (TPSA) is 37.5 Å². The Balaban J connectivity index is 2.44. The zero-order chi connectivity index (χ0) is 9.10. The second-order valence-corrected chi connectivity index (χ2v) is 2.72. The van der Waals surface area contributed by atoms with Crippen LogP contribution in [0.2, 0.25) is 0 Å². The van der Waals surface area contributed by atoms with Crippen LogP contribution in [0.4, 0.5) is 0 Å². The highest BCUT2D eigenvalue weighted by Crippen LogP contribution is 2.05. The van der Waals surface area contributed by atoms with Gasteiger partial charge in [0.1, 0.15) is 5.65 Å². The van der Waals surface area contributed by atoms with Gasteiger partial charge in [-0.25, -0.2) is 4.98 Å². The Bertz CT molecular complexity index is 398. The SMILES string of the molecule is OC/C=C/c1cn2ccccc2n1. The van der Waals surface area contributed by atoms with E-state index in [2.05, 4.69) is 4.98 Å². The molecule has 0 aliphatic rings. The van der Waals surface area contributed by atoms with Crippen LogP contribution in [0.25, 0.3) is 11.7 Å². The summed E-state index contributed by atoms with van der Waals surface area (Å²) in [4.78, 5) is 4.32. The van der Waals surface area contributed by atoms with E-state index < -0.39 is 0 Å². The number of aromatic nitrogens is 2. The van der Waals surface area contributed by atoms with Crippen LogP contribution < -0.4 is 0 Å². The lowest BCUT2D eigenvalue weighted by atomic mass is 10.4. The summed E-state index contributed by atoms with van der Waals surface area (Å²) in [5.74, 6) is 0. The number of aliphatic hydroxyl groups is 1. The van der Waals surface area contributed by atoms with Gasteiger partial charge in [-0.05, 0) is 18.2 Å². The molecule has 3 heteroatoms. The molecule has 2 heterocycles. The zero-order valence-electron chi connectivity index (χ0n) is 7.09. The zero-order valence-corrected chi connectivity index (χ0v) is 7.09. The quantitative estimate of drug-likeness (QED) is 0.746. The van der Waals surface area contributed by atoms with Crippen LogP contribution in [-0.2, 0) is 0 Å². The van der Waals surface area contributed by atoms with Crippen molar-refractivity contribution in [2.45, 2.75) is 0 Å². The molecule has 0 aromatic carbocycles. The standard InChI is InChI=1S/C10H10N2O/c13-7-3-4-9-8-12-6-2-1-5-10(12)11-9/h1-6,8,13H,7H2/b4-3+. The molecule has 0 aliphatic heterocycles. The van der Waals surface area contributed by atoms with Crippen LogP contribution >= 0.6 is 0 Å². The molecule has 13 heavy (non-hydrogen) atoms. The van der Waals surface area contributed by atoms with Crippen molar-refractivity contribution < 1.29 is 5.11 Å². The minimum absolute atomic E-state index is 0.0495. The fourth-order valence-electron chi connectivity index (χ4n) is 1.21. The summed E-state index contributed by atoms with van der Waals surface area (Å²) < 4.78 is 1.94. The van der Waals surface area contributed by atoms with E-state index in [0.717, 1.165) is 11.3 Å². The van der Waals surface area contributed by atoms with Crippen molar-refractivity contribution in [2.75, 3.05) is 6.61 Å². The Morgan fingerprint density at radius 3 is 3.15 bits per heavy atom. The number of fused-ring (bicyclic) bond motifs is 1. The third-order valence-electron chi connectivity index (χ3n) is 1.78. The van der Waals surface area contributed by atoms with E-state index in [1.54, 1.807) is 12.2 Å². The van der Waals surface area contributed by atoms with Crippen LogP contribution in [0.1, 0.15) is 5.69 Å². The number of nitrogens with zero attached hydrogens (tertiary/aromatic N) is 2. The van der Waals surface area contributed by atoms with Crippen molar-refractivity contribution in [2.24, 2.45) is 0 Å². The van der Waals surface area contributed by atoms with Gasteiger partial charge in [-0.15, -0.1) is 0 Å². The molecular weight excluding hydrogens is 164 g/mol.